The number of carbonyl (C=O) groups excluding carboxylic acids is 3. The average Bonchev–Trinajstić information content (AvgIpc) is 3.20. The molecule has 9 heteroatoms. The number of ketones is 1. The predicted molar refractivity (Wildman–Crippen MR) is 155 cm³/mol. The molecule has 0 unspecified atom stereocenters. The molecule has 0 fully saturated rings. The van der Waals surface area contributed by atoms with Crippen LogP contribution in [0.4, 0.5) is 0 Å². The topological polar surface area (TPSA) is 76.1 Å². The molecule has 0 saturated carbocycles. The number of rotatable bonds is 14. The molecular formula is C29H40Cl2N2O5. The van der Waals surface area contributed by atoms with Crippen LogP contribution < -0.4 is 0 Å². The molecule has 1 aliphatic carbocycles. The van der Waals surface area contributed by atoms with Gasteiger partial charge < -0.3 is 19.3 Å². The number of ether oxygens (including phenoxy) is 2. The summed E-state index contributed by atoms with van der Waals surface area (Å²) >= 11 is 0. The van der Waals surface area contributed by atoms with Gasteiger partial charge in [-0.3, -0.25) is 4.79 Å². The first kappa shape index (κ1) is 33.6. The highest BCUT2D eigenvalue weighted by molar-refractivity contribution is 6.24. The first-order valence-corrected chi connectivity index (χ1v) is 13.1. The minimum atomic E-state index is -0.450. The van der Waals surface area contributed by atoms with E-state index >= 15 is 0 Å². The van der Waals surface area contributed by atoms with E-state index in [1.54, 1.807) is 36.4 Å². The van der Waals surface area contributed by atoms with Crippen molar-refractivity contribution in [3.05, 3.63) is 58.7 Å². The Labute approximate surface area is 238 Å². The first-order chi connectivity index (χ1) is 17.4. The summed E-state index contributed by atoms with van der Waals surface area (Å²) in [6.45, 7) is 14.6. The molecule has 0 N–H and O–H groups in total. The van der Waals surface area contributed by atoms with Crippen molar-refractivity contribution in [1.82, 2.24) is 9.80 Å². The van der Waals surface area contributed by atoms with Gasteiger partial charge in [0.2, 0.25) is 0 Å². The van der Waals surface area contributed by atoms with Crippen molar-refractivity contribution >= 4 is 42.5 Å². The normalized spacial score (nSPS) is 11.5. The fourth-order valence-corrected chi connectivity index (χ4v) is 4.57. The molecule has 0 aromatic heterocycles. The highest BCUT2D eigenvalue weighted by Crippen LogP contribution is 2.39. The summed E-state index contributed by atoms with van der Waals surface area (Å²) in [6.07, 6.45) is 1.50. The standard InChI is InChI=1S/C29H38N2O5.2ClH/c1-5-30(6-2)16-10-18-35-28(33)21-14-15-22-25(20-21)27(32)23-12-9-13-24(26(22)23)29(34)36-19-11-17-31(7-3)8-4;;/h9,12-15,20H,5-8,10-11,16-19H2,1-4H3;2*1H. The zero-order valence-electron chi connectivity index (χ0n) is 22.8. The van der Waals surface area contributed by atoms with Gasteiger partial charge in [0, 0.05) is 29.8 Å². The van der Waals surface area contributed by atoms with Crippen molar-refractivity contribution in [2.24, 2.45) is 0 Å². The van der Waals surface area contributed by atoms with Gasteiger partial charge in [-0.25, -0.2) is 9.59 Å². The average molecular weight is 568 g/mol. The third kappa shape index (κ3) is 8.03. The maximum Gasteiger partial charge on any atom is 0.338 e. The maximum atomic E-state index is 13.1. The molecule has 7 nitrogen and oxygen atoms in total. The van der Waals surface area contributed by atoms with E-state index in [-0.39, 0.29) is 30.6 Å². The number of carbonyl (C=O) groups is 3. The van der Waals surface area contributed by atoms with Crippen LogP contribution in [0.1, 0.15) is 77.2 Å². The van der Waals surface area contributed by atoms with Crippen LogP contribution in [0.3, 0.4) is 0 Å². The smallest absolute Gasteiger partial charge is 0.338 e. The molecule has 0 atom stereocenters. The van der Waals surface area contributed by atoms with Crippen LogP contribution in [0, 0.1) is 0 Å². The van der Waals surface area contributed by atoms with Gasteiger partial charge in [-0.05, 0) is 62.8 Å². The van der Waals surface area contributed by atoms with Gasteiger partial charge in [-0.1, -0.05) is 45.9 Å². The lowest BCUT2D eigenvalue weighted by molar-refractivity contribution is 0.0480. The second-order valence-electron chi connectivity index (χ2n) is 8.85. The number of fused-ring (bicyclic) bond motifs is 3. The molecule has 1 aliphatic rings. The maximum absolute atomic E-state index is 13.1. The van der Waals surface area contributed by atoms with Crippen molar-refractivity contribution < 1.29 is 23.9 Å². The van der Waals surface area contributed by atoms with Gasteiger partial charge in [-0.15, -0.1) is 24.8 Å². The summed E-state index contributed by atoms with van der Waals surface area (Å²) < 4.78 is 11.0. The molecule has 0 saturated heterocycles. The molecule has 0 amide bonds. The third-order valence-corrected chi connectivity index (χ3v) is 6.79. The number of hydrogen-bond donors (Lipinski definition) is 0. The van der Waals surface area contributed by atoms with Crippen molar-refractivity contribution in [2.75, 3.05) is 52.5 Å². The SMILES string of the molecule is CCN(CC)CCCOC(=O)c1ccc2c(c1)C(=O)c1cccc(C(=O)OCCCN(CC)CC)c1-2.Cl.Cl. The van der Waals surface area contributed by atoms with E-state index in [0.29, 0.717) is 46.6 Å². The molecule has 3 rings (SSSR count). The molecule has 0 spiro atoms. The molecule has 0 heterocycles. The Morgan fingerprint density at radius 2 is 1.26 bits per heavy atom. The Hall–Kier alpha value is -2.45. The fourth-order valence-electron chi connectivity index (χ4n) is 4.57. The summed E-state index contributed by atoms with van der Waals surface area (Å²) in [6, 6.07) is 10.0. The Bertz CT molecular complexity index is 1080. The molecule has 2 aromatic carbocycles. The minimum Gasteiger partial charge on any atom is -0.462 e. The van der Waals surface area contributed by atoms with E-state index in [0.717, 1.165) is 52.1 Å². The number of esters is 2. The molecule has 210 valence electrons. The number of nitrogens with zero attached hydrogens (tertiary/aromatic N) is 2. The monoisotopic (exact) mass is 566 g/mol. The molecular weight excluding hydrogens is 527 g/mol. The summed E-state index contributed by atoms with van der Waals surface area (Å²) in [7, 11) is 0. The van der Waals surface area contributed by atoms with Gasteiger partial charge in [0.25, 0.3) is 0 Å². The highest BCUT2D eigenvalue weighted by atomic mass is 35.5. The number of benzene rings is 2. The van der Waals surface area contributed by atoms with Crippen molar-refractivity contribution in [3.8, 4) is 11.1 Å². The lowest BCUT2D eigenvalue weighted by Crippen LogP contribution is -2.25. The van der Waals surface area contributed by atoms with Gasteiger partial charge >= 0.3 is 11.9 Å². The number of hydrogen-bond acceptors (Lipinski definition) is 7. The molecule has 38 heavy (non-hydrogen) atoms. The molecule has 0 radical (unpaired) electrons. The Morgan fingerprint density at radius 3 is 1.82 bits per heavy atom. The Balaban J connectivity index is 0.00000361. The van der Waals surface area contributed by atoms with Crippen molar-refractivity contribution in [3.63, 3.8) is 0 Å². The largest absolute Gasteiger partial charge is 0.462 e. The Kier molecular flexibility index (Phi) is 14.6. The van der Waals surface area contributed by atoms with Crippen LogP contribution in [-0.2, 0) is 9.47 Å². The lowest BCUT2D eigenvalue weighted by atomic mass is 9.98. The van der Waals surface area contributed by atoms with Crippen LogP contribution in [0.2, 0.25) is 0 Å². The van der Waals surface area contributed by atoms with Crippen molar-refractivity contribution in [1.29, 1.82) is 0 Å². The van der Waals surface area contributed by atoms with E-state index in [9.17, 15) is 14.4 Å². The summed E-state index contributed by atoms with van der Waals surface area (Å²) in [5.74, 6) is -1.09. The first-order valence-electron chi connectivity index (χ1n) is 13.1. The fraction of sp³-hybridized carbons (Fsp3) is 0.483. The van der Waals surface area contributed by atoms with Crippen molar-refractivity contribution in [2.45, 2.75) is 40.5 Å². The molecule has 0 aliphatic heterocycles. The van der Waals surface area contributed by atoms with Gasteiger partial charge in [0.05, 0.1) is 24.3 Å². The van der Waals surface area contributed by atoms with Crippen LogP contribution in [0.5, 0.6) is 0 Å². The van der Waals surface area contributed by atoms with E-state index in [1.807, 2.05) is 0 Å². The van der Waals surface area contributed by atoms with Gasteiger partial charge in [-0.2, -0.15) is 0 Å². The summed E-state index contributed by atoms with van der Waals surface area (Å²) in [4.78, 5) is 43.2. The quantitative estimate of drug-likeness (QED) is 0.188. The third-order valence-electron chi connectivity index (χ3n) is 6.79. The van der Waals surface area contributed by atoms with E-state index in [4.69, 9.17) is 9.47 Å². The second kappa shape index (κ2) is 16.5. The van der Waals surface area contributed by atoms with Crippen LogP contribution in [0.25, 0.3) is 11.1 Å². The highest BCUT2D eigenvalue weighted by Gasteiger charge is 2.32. The molecule has 2 aromatic rings. The van der Waals surface area contributed by atoms with E-state index in [1.165, 1.54) is 0 Å². The van der Waals surface area contributed by atoms with E-state index in [2.05, 4.69) is 37.5 Å². The van der Waals surface area contributed by atoms with Crippen LogP contribution in [0.15, 0.2) is 36.4 Å². The van der Waals surface area contributed by atoms with Gasteiger partial charge in [0.1, 0.15) is 0 Å². The van der Waals surface area contributed by atoms with Crippen LogP contribution in [-0.4, -0.2) is 80.0 Å². The lowest BCUT2D eigenvalue weighted by Gasteiger charge is -2.17. The number of halogens is 2. The van der Waals surface area contributed by atoms with Crippen LogP contribution >= 0.6 is 24.8 Å². The second-order valence-corrected chi connectivity index (χ2v) is 8.85. The molecule has 0 bridgehead atoms. The predicted octanol–water partition coefficient (Wildman–Crippen LogP) is 5.52. The zero-order chi connectivity index (χ0) is 26.1. The summed E-state index contributed by atoms with van der Waals surface area (Å²) in [5, 5.41) is 0. The zero-order valence-corrected chi connectivity index (χ0v) is 24.4. The van der Waals surface area contributed by atoms with E-state index < -0.39 is 11.9 Å². The Morgan fingerprint density at radius 1 is 0.711 bits per heavy atom. The summed E-state index contributed by atoms with van der Waals surface area (Å²) in [5.41, 5.74) is 2.78. The minimum absolute atomic E-state index is 0. The van der Waals surface area contributed by atoms with Gasteiger partial charge in [0.15, 0.2) is 5.78 Å².